The minimum absolute atomic E-state index is 0.529. The van der Waals surface area contributed by atoms with Crippen LogP contribution in [-0.4, -0.2) is 18.3 Å². The molecule has 0 unspecified atom stereocenters. The zero-order valence-corrected chi connectivity index (χ0v) is 31.7. The van der Waals surface area contributed by atoms with E-state index in [4.69, 9.17) is 0 Å². The summed E-state index contributed by atoms with van der Waals surface area (Å²) in [5.74, 6) is 0. The summed E-state index contributed by atoms with van der Waals surface area (Å²) >= 11 is 0. The van der Waals surface area contributed by atoms with Crippen LogP contribution < -0.4 is 0 Å². The predicted molar refractivity (Wildman–Crippen MR) is 238 cm³/mol. The summed E-state index contributed by atoms with van der Waals surface area (Å²) in [6.45, 7) is 0. The Morgan fingerprint density at radius 1 is 0.397 bits per heavy atom. The van der Waals surface area contributed by atoms with Gasteiger partial charge in [0, 0.05) is 73.8 Å². The van der Waals surface area contributed by atoms with Crippen LogP contribution in [0.1, 0.15) is 11.1 Å². The molecule has 6 heteroatoms. The van der Waals surface area contributed by atoms with Crippen molar-refractivity contribution in [3.63, 3.8) is 0 Å². The number of hydrogen-bond donors (Lipinski definition) is 0. The molecule has 0 aliphatic heterocycles. The van der Waals surface area contributed by atoms with Gasteiger partial charge in [-0.1, -0.05) is 97.1 Å². The molecule has 12 aromatic rings. The minimum atomic E-state index is 0.529. The maximum atomic E-state index is 11.1. The molecule has 12 rings (SSSR count). The fourth-order valence-electron chi connectivity index (χ4n) is 9.92. The van der Waals surface area contributed by atoms with Crippen molar-refractivity contribution in [2.24, 2.45) is 14.1 Å². The van der Waals surface area contributed by atoms with Gasteiger partial charge in [-0.15, -0.1) is 0 Å². The Morgan fingerprint density at radius 2 is 0.879 bits per heavy atom. The standard InChI is InChI=1S/C52H32N6/c1-55-41-18-7-5-16-38(41)49-45(55)24-22-36-34-14-3-9-20-43(34)57(51(36)49)47-27-33(30-54)40(32-13-11-12-31(26-32)29-53)28-48(47)58-44-21-10-4-15-35(44)37-23-25-46-50(52(37)58)39-17-6-8-19-42(39)56(46)2/h3-28H,1-2H3. The van der Waals surface area contributed by atoms with E-state index in [2.05, 4.69) is 178 Å². The quantitative estimate of drug-likeness (QED) is 0.181. The van der Waals surface area contributed by atoms with Gasteiger partial charge in [0.15, 0.2) is 0 Å². The smallest absolute Gasteiger partial charge is 0.0998 e. The monoisotopic (exact) mass is 740 g/mol. The zero-order chi connectivity index (χ0) is 38.8. The Hall–Kier alpha value is -8.06. The molecule has 4 heterocycles. The molecule has 0 saturated carbocycles. The molecule has 0 saturated heterocycles. The molecule has 0 bridgehead atoms. The number of rotatable bonds is 3. The number of benzene rings is 8. The van der Waals surface area contributed by atoms with Gasteiger partial charge in [0.1, 0.15) is 0 Å². The first-order valence-corrected chi connectivity index (χ1v) is 19.4. The Labute approximate surface area is 332 Å². The normalized spacial score (nSPS) is 11.9. The molecule has 0 N–H and O–H groups in total. The fourth-order valence-corrected chi connectivity index (χ4v) is 9.92. The molecule has 0 amide bonds. The van der Waals surface area contributed by atoms with Crippen molar-refractivity contribution in [3.8, 4) is 34.6 Å². The van der Waals surface area contributed by atoms with E-state index < -0.39 is 0 Å². The van der Waals surface area contributed by atoms with Gasteiger partial charge in [0.05, 0.1) is 67.7 Å². The third-order valence-electron chi connectivity index (χ3n) is 12.4. The molecule has 270 valence electrons. The van der Waals surface area contributed by atoms with Gasteiger partial charge < -0.3 is 18.3 Å². The van der Waals surface area contributed by atoms with Crippen molar-refractivity contribution in [1.82, 2.24) is 18.3 Å². The summed E-state index contributed by atoms with van der Waals surface area (Å²) in [6.07, 6.45) is 0. The summed E-state index contributed by atoms with van der Waals surface area (Å²) in [6, 6.07) is 60.3. The molecule has 0 spiro atoms. The minimum Gasteiger partial charge on any atom is -0.344 e. The van der Waals surface area contributed by atoms with Crippen molar-refractivity contribution in [2.45, 2.75) is 0 Å². The molecule has 0 atom stereocenters. The molecule has 0 radical (unpaired) electrons. The predicted octanol–water partition coefficient (Wildman–Crippen LogP) is 12.6. The van der Waals surface area contributed by atoms with E-state index in [0.29, 0.717) is 11.1 Å². The summed E-state index contributed by atoms with van der Waals surface area (Å²) < 4.78 is 9.39. The fraction of sp³-hybridized carbons (Fsp3) is 0.0385. The van der Waals surface area contributed by atoms with Crippen molar-refractivity contribution in [2.75, 3.05) is 0 Å². The first-order chi connectivity index (χ1) is 28.6. The molecule has 8 aromatic carbocycles. The van der Waals surface area contributed by atoms with Gasteiger partial charge in [0.25, 0.3) is 0 Å². The highest BCUT2D eigenvalue weighted by Crippen LogP contribution is 2.46. The van der Waals surface area contributed by atoms with Gasteiger partial charge in [-0.25, -0.2) is 0 Å². The summed E-state index contributed by atoms with van der Waals surface area (Å²) in [4.78, 5) is 0. The van der Waals surface area contributed by atoms with Gasteiger partial charge in [0.2, 0.25) is 0 Å². The molecular formula is C52H32N6. The number of aromatic nitrogens is 4. The second-order valence-electron chi connectivity index (χ2n) is 15.3. The molecular weight excluding hydrogens is 709 g/mol. The van der Waals surface area contributed by atoms with E-state index in [0.717, 1.165) is 88.2 Å². The number of nitrogens with zero attached hydrogens (tertiary/aromatic N) is 6. The zero-order valence-electron chi connectivity index (χ0n) is 31.7. The SMILES string of the molecule is Cn1c2ccccc2c2c1ccc1c3ccccc3n(-c3cc(C#N)c(-c4cccc(C#N)c4)cc3-n3c4ccccc4c4ccc5c(c6ccccc6n5C)c43)c12. The lowest BCUT2D eigenvalue weighted by Gasteiger charge is -2.20. The lowest BCUT2D eigenvalue weighted by Crippen LogP contribution is -2.06. The Morgan fingerprint density at radius 3 is 1.40 bits per heavy atom. The topological polar surface area (TPSA) is 67.3 Å². The molecule has 0 fully saturated rings. The first-order valence-electron chi connectivity index (χ1n) is 19.4. The lowest BCUT2D eigenvalue weighted by molar-refractivity contribution is 1.01. The Kier molecular flexibility index (Phi) is 6.51. The number of aryl methyl sites for hydroxylation is 2. The maximum Gasteiger partial charge on any atom is 0.0998 e. The molecule has 0 aliphatic carbocycles. The molecule has 6 nitrogen and oxygen atoms in total. The largest absolute Gasteiger partial charge is 0.344 e. The third kappa shape index (κ3) is 4.13. The van der Waals surface area contributed by atoms with E-state index in [1.807, 2.05) is 24.3 Å². The van der Waals surface area contributed by atoms with Crippen LogP contribution in [-0.2, 0) is 14.1 Å². The summed E-state index contributed by atoms with van der Waals surface area (Å²) in [5, 5.41) is 30.3. The van der Waals surface area contributed by atoms with Crippen LogP contribution in [0.15, 0.2) is 158 Å². The molecule has 4 aromatic heterocycles. The number of para-hydroxylation sites is 4. The van der Waals surface area contributed by atoms with E-state index in [9.17, 15) is 10.5 Å². The van der Waals surface area contributed by atoms with Crippen molar-refractivity contribution in [3.05, 3.63) is 169 Å². The van der Waals surface area contributed by atoms with Crippen LogP contribution in [0.4, 0.5) is 0 Å². The van der Waals surface area contributed by atoms with Gasteiger partial charge in [-0.05, 0) is 66.2 Å². The highest BCUT2D eigenvalue weighted by atomic mass is 15.1. The highest BCUT2D eigenvalue weighted by molar-refractivity contribution is 6.27. The second-order valence-corrected chi connectivity index (χ2v) is 15.3. The van der Waals surface area contributed by atoms with Gasteiger partial charge >= 0.3 is 0 Å². The average molecular weight is 741 g/mol. The van der Waals surface area contributed by atoms with Crippen molar-refractivity contribution >= 4 is 87.2 Å². The maximum absolute atomic E-state index is 11.1. The van der Waals surface area contributed by atoms with Crippen LogP contribution in [0, 0.1) is 22.7 Å². The Balaban J connectivity index is 1.35. The van der Waals surface area contributed by atoms with E-state index in [1.54, 1.807) is 0 Å². The van der Waals surface area contributed by atoms with Crippen LogP contribution in [0.3, 0.4) is 0 Å². The summed E-state index contributed by atoms with van der Waals surface area (Å²) in [5.41, 5.74) is 13.4. The molecule has 0 aliphatic rings. The number of fused-ring (bicyclic) bond motifs is 14. The highest BCUT2D eigenvalue weighted by Gasteiger charge is 2.26. The van der Waals surface area contributed by atoms with Crippen LogP contribution in [0.25, 0.3) is 110 Å². The van der Waals surface area contributed by atoms with E-state index in [1.165, 1.54) is 21.5 Å². The number of hydrogen-bond acceptors (Lipinski definition) is 2. The molecule has 58 heavy (non-hydrogen) atoms. The van der Waals surface area contributed by atoms with E-state index >= 15 is 0 Å². The third-order valence-corrected chi connectivity index (χ3v) is 12.4. The average Bonchev–Trinajstić information content (AvgIpc) is 3.98. The first kappa shape index (κ1) is 32.2. The number of nitriles is 2. The second kappa shape index (κ2) is 11.7. The van der Waals surface area contributed by atoms with E-state index in [-0.39, 0.29) is 0 Å². The summed E-state index contributed by atoms with van der Waals surface area (Å²) in [7, 11) is 4.28. The van der Waals surface area contributed by atoms with Gasteiger partial charge in [-0.2, -0.15) is 10.5 Å². The van der Waals surface area contributed by atoms with Crippen LogP contribution in [0.2, 0.25) is 0 Å². The van der Waals surface area contributed by atoms with Crippen molar-refractivity contribution in [1.29, 1.82) is 10.5 Å². The Bertz CT molecular complexity index is 3850. The van der Waals surface area contributed by atoms with Crippen LogP contribution in [0.5, 0.6) is 0 Å². The van der Waals surface area contributed by atoms with Crippen molar-refractivity contribution < 1.29 is 0 Å². The van der Waals surface area contributed by atoms with Gasteiger partial charge in [-0.3, -0.25) is 0 Å². The van der Waals surface area contributed by atoms with Crippen LogP contribution >= 0.6 is 0 Å². The lowest BCUT2D eigenvalue weighted by atomic mass is 9.96.